The maximum absolute atomic E-state index is 12.0. The molecule has 0 heterocycles. The molecule has 0 aliphatic heterocycles. The van der Waals surface area contributed by atoms with Crippen molar-refractivity contribution < 1.29 is 19.4 Å². The molecule has 1 aromatic rings. The van der Waals surface area contributed by atoms with Gasteiger partial charge in [-0.1, -0.05) is 25.0 Å². The lowest BCUT2D eigenvalue weighted by Crippen LogP contribution is -2.50. The van der Waals surface area contributed by atoms with E-state index in [1.165, 1.54) is 0 Å². The maximum Gasteiger partial charge on any atom is 0.258 e. The first-order valence-corrected chi connectivity index (χ1v) is 7.00. The van der Waals surface area contributed by atoms with Gasteiger partial charge in [-0.05, 0) is 25.0 Å². The van der Waals surface area contributed by atoms with Crippen molar-refractivity contribution in [3.8, 4) is 5.75 Å². The van der Waals surface area contributed by atoms with Crippen molar-refractivity contribution in [1.82, 2.24) is 5.32 Å². The Morgan fingerprint density at radius 2 is 1.95 bits per heavy atom. The van der Waals surface area contributed by atoms with Crippen LogP contribution in [0.4, 0.5) is 0 Å². The molecule has 1 aromatic carbocycles. The molecule has 2 rings (SSSR count). The first-order valence-electron chi connectivity index (χ1n) is 7.00. The highest BCUT2D eigenvalue weighted by molar-refractivity contribution is 5.95. The van der Waals surface area contributed by atoms with Gasteiger partial charge in [-0.3, -0.25) is 9.59 Å². The smallest absolute Gasteiger partial charge is 0.258 e. The molecule has 2 amide bonds. The van der Waals surface area contributed by atoms with Crippen molar-refractivity contribution in [2.45, 2.75) is 31.2 Å². The largest absolute Gasteiger partial charge is 0.483 e. The molecule has 0 aromatic heterocycles. The standard InChI is InChI=1S/C15H20N2O4/c16-14(20)11-5-1-2-6-12(11)21-9-13(19)17-15(10-18)7-3-4-8-15/h1-2,5-6,18H,3-4,7-10H2,(H2,16,20)(H,17,19). The van der Waals surface area contributed by atoms with Gasteiger partial charge in [0.2, 0.25) is 0 Å². The van der Waals surface area contributed by atoms with E-state index in [1.807, 2.05) is 0 Å². The van der Waals surface area contributed by atoms with Gasteiger partial charge in [-0.25, -0.2) is 0 Å². The SMILES string of the molecule is NC(=O)c1ccccc1OCC(=O)NC1(CO)CCCC1. The summed E-state index contributed by atoms with van der Waals surface area (Å²) in [4.78, 5) is 23.2. The van der Waals surface area contributed by atoms with Crippen LogP contribution >= 0.6 is 0 Å². The molecule has 4 N–H and O–H groups in total. The Morgan fingerprint density at radius 3 is 2.57 bits per heavy atom. The normalized spacial score (nSPS) is 16.4. The van der Waals surface area contributed by atoms with Crippen molar-refractivity contribution >= 4 is 11.8 Å². The van der Waals surface area contributed by atoms with E-state index < -0.39 is 11.4 Å². The number of ether oxygens (including phenoxy) is 1. The Morgan fingerprint density at radius 1 is 1.29 bits per heavy atom. The topological polar surface area (TPSA) is 102 Å². The molecule has 1 saturated carbocycles. The summed E-state index contributed by atoms with van der Waals surface area (Å²) in [5.74, 6) is -0.636. The van der Waals surface area contributed by atoms with E-state index in [0.29, 0.717) is 0 Å². The van der Waals surface area contributed by atoms with Crippen LogP contribution < -0.4 is 15.8 Å². The lowest BCUT2D eigenvalue weighted by atomic mass is 9.99. The van der Waals surface area contributed by atoms with Crippen LogP contribution in [0.2, 0.25) is 0 Å². The summed E-state index contributed by atoms with van der Waals surface area (Å²) in [5, 5.41) is 12.3. The van der Waals surface area contributed by atoms with Gasteiger partial charge in [0.05, 0.1) is 17.7 Å². The molecule has 0 bridgehead atoms. The summed E-state index contributed by atoms with van der Waals surface area (Å²) in [7, 11) is 0. The minimum Gasteiger partial charge on any atom is -0.483 e. The van der Waals surface area contributed by atoms with Crippen molar-refractivity contribution in [2.75, 3.05) is 13.2 Å². The van der Waals surface area contributed by atoms with E-state index in [-0.39, 0.29) is 30.4 Å². The van der Waals surface area contributed by atoms with Gasteiger partial charge in [0.15, 0.2) is 6.61 Å². The zero-order valence-corrected chi connectivity index (χ0v) is 11.8. The van der Waals surface area contributed by atoms with Gasteiger partial charge in [-0.2, -0.15) is 0 Å². The van der Waals surface area contributed by atoms with Crippen molar-refractivity contribution in [2.24, 2.45) is 5.73 Å². The van der Waals surface area contributed by atoms with Crippen LogP contribution in [-0.4, -0.2) is 35.7 Å². The van der Waals surface area contributed by atoms with Crippen LogP contribution in [-0.2, 0) is 4.79 Å². The minimum atomic E-state index is -0.603. The fourth-order valence-electron chi connectivity index (χ4n) is 2.65. The van der Waals surface area contributed by atoms with Gasteiger partial charge in [-0.15, -0.1) is 0 Å². The summed E-state index contributed by atoms with van der Waals surface area (Å²) in [5.41, 5.74) is 4.96. The monoisotopic (exact) mass is 292 g/mol. The number of nitrogens with two attached hydrogens (primary N) is 1. The molecular formula is C15H20N2O4. The van der Waals surface area contributed by atoms with E-state index in [9.17, 15) is 14.7 Å². The molecule has 0 atom stereocenters. The van der Waals surface area contributed by atoms with Crippen molar-refractivity contribution in [1.29, 1.82) is 0 Å². The molecule has 6 nitrogen and oxygen atoms in total. The molecule has 6 heteroatoms. The number of benzene rings is 1. The Kier molecular flexibility index (Phi) is 4.80. The minimum absolute atomic E-state index is 0.0728. The first kappa shape index (κ1) is 15.3. The van der Waals surface area contributed by atoms with E-state index >= 15 is 0 Å². The van der Waals surface area contributed by atoms with Crippen molar-refractivity contribution in [3.63, 3.8) is 0 Å². The summed E-state index contributed by atoms with van der Waals surface area (Å²) < 4.78 is 5.37. The Labute approximate surface area is 123 Å². The fraction of sp³-hybridized carbons (Fsp3) is 0.467. The second kappa shape index (κ2) is 6.58. The second-order valence-corrected chi connectivity index (χ2v) is 5.34. The number of nitrogens with one attached hydrogen (secondary N) is 1. The molecule has 1 aliphatic carbocycles. The zero-order valence-electron chi connectivity index (χ0n) is 11.8. The number of carbonyl (C=O) groups is 2. The first-order chi connectivity index (χ1) is 10.1. The van der Waals surface area contributed by atoms with E-state index in [1.54, 1.807) is 24.3 Å². The number of rotatable bonds is 6. The van der Waals surface area contributed by atoms with E-state index in [0.717, 1.165) is 25.7 Å². The third kappa shape index (κ3) is 3.72. The van der Waals surface area contributed by atoms with Gasteiger partial charge < -0.3 is 20.9 Å². The quantitative estimate of drug-likeness (QED) is 0.714. The van der Waals surface area contributed by atoms with Crippen LogP contribution in [0.3, 0.4) is 0 Å². The van der Waals surface area contributed by atoms with Crippen molar-refractivity contribution in [3.05, 3.63) is 29.8 Å². The van der Waals surface area contributed by atoms with Crippen LogP contribution in [0.1, 0.15) is 36.0 Å². The summed E-state index contributed by atoms with van der Waals surface area (Å²) in [6, 6.07) is 6.50. The van der Waals surface area contributed by atoms with Crippen LogP contribution in [0.5, 0.6) is 5.75 Å². The van der Waals surface area contributed by atoms with Crippen LogP contribution in [0.25, 0.3) is 0 Å². The molecule has 114 valence electrons. The van der Waals surface area contributed by atoms with Crippen LogP contribution in [0.15, 0.2) is 24.3 Å². The lowest BCUT2D eigenvalue weighted by Gasteiger charge is -2.27. The van der Waals surface area contributed by atoms with Crippen LogP contribution in [0, 0.1) is 0 Å². The summed E-state index contributed by atoms with van der Waals surface area (Å²) in [6.07, 6.45) is 3.53. The zero-order chi connectivity index (χ0) is 15.3. The third-order valence-corrected chi connectivity index (χ3v) is 3.78. The van der Waals surface area contributed by atoms with E-state index in [2.05, 4.69) is 5.32 Å². The molecule has 21 heavy (non-hydrogen) atoms. The highest BCUT2D eigenvalue weighted by Crippen LogP contribution is 2.29. The number of hydrogen-bond acceptors (Lipinski definition) is 4. The van der Waals surface area contributed by atoms with Gasteiger partial charge >= 0.3 is 0 Å². The molecule has 1 aliphatic rings. The highest BCUT2D eigenvalue weighted by atomic mass is 16.5. The predicted octanol–water partition coefficient (Wildman–Crippen LogP) is 0.586. The Bertz CT molecular complexity index is 524. The number of hydrogen-bond donors (Lipinski definition) is 3. The average Bonchev–Trinajstić information content (AvgIpc) is 2.94. The maximum atomic E-state index is 12.0. The fourth-order valence-corrected chi connectivity index (χ4v) is 2.65. The predicted molar refractivity (Wildman–Crippen MR) is 76.9 cm³/mol. The molecule has 0 unspecified atom stereocenters. The summed E-state index contributed by atoms with van der Waals surface area (Å²) >= 11 is 0. The molecule has 0 spiro atoms. The number of amides is 2. The third-order valence-electron chi connectivity index (χ3n) is 3.78. The highest BCUT2D eigenvalue weighted by Gasteiger charge is 2.34. The van der Waals surface area contributed by atoms with Gasteiger partial charge in [0.25, 0.3) is 11.8 Å². The lowest BCUT2D eigenvalue weighted by molar-refractivity contribution is -0.125. The molecule has 0 saturated heterocycles. The number of aliphatic hydroxyl groups is 1. The second-order valence-electron chi connectivity index (χ2n) is 5.34. The number of carbonyl (C=O) groups excluding carboxylic acids is 2. The molecule has 0 radical (unpaired) electrons. The number of para-hydroxylation sites is 1. The molecule has 1 fully saturated rings. The van der Waals surface area contributed by atoms with Gasteiger partial charge in [0.1, 0.15) is 5.75 Å². The molecular weight excluding hydrogens is 272 g/mol. The Balaban J connectivity index is 1.94. The average molecular weight is 292 g/mol. The number of aliphatic hydroxyl groups excluding tert-OH is 1. The number of primary amides is 1. The van der Waals surface area contributed by atoms with Gasteiger partial charge in [0, 0.05) is 0 Å². The van der Waals surface area contributed by atoms with E-state index in [4.69, 9.17) is 10.5 Å². The Hall–Kier alpha value is -2.08. The summed E-state index contributed by atoms with van der Waals surface area (Å²) in [6.45, 7) is -0.289.